The number of thiazole rings is 1. The molecule has 3 N–H and O–H groups in total. The summed E-state index contributed by atoms with van der Waals surface area (Å²) in [6.45, 7) is 3.69. The molecule has 40 heavy (non-hydrogen) atoms. The topological polar surface area (TPSA) is 116 Å². The zero-order valence-electron chi connectivity index (χ0n) is 22.8. The summed E-state index contributed by atoms with van der Waals surface area (Å²) in [4.78, 5) is 31.5. The molecule has 0 saturated carbocycles. The first-order chi connectivity index (χ1) is 19.2. The molecular formula is C30H30N4O5S. The van der Waals surface area contributed by atoms with E-state index in [1.807, 2.05) is 56.3 Å². The van der Waals surface area contributed by atoms with Gasteiger partial charge in [-0.25, -0.2) is 9.78 Å². The minimum atomic E-state index is -0.796. The Morgan fingerprint density at radius 2 is 1.77 bits per heavy atom. The number of methoxy groups -OCH3 is 2. The van der Waals surface area contributed by atoms with Gasteiger partial charge in [-0.05, 0) is 43.7 Å². The van der Waals surface area contributed by atoms with E-state index in [4.69, 9.17) is 19.9 Å². The molecule has 0 aliphatic carbocycles. The van der Waals surface area contributed by atoms with Crippen molar-refractivity contribution >= 4 is 34.6 Å². The molecule has 1 aliphatic rings. The first-order valence-corrected chi connectivity index (χ1v) is 13.5. The number of carbonyl (C=O) groups excluding carboxylic acids is 2. The standard InChI is InChI=1S/C30H30N4O5S/c1-30(2)29(36)34(3)27-21(33-30)13-12-19(25(27)26(31)20-8-6-7-9-23(20)37-4)18-11-10-17(14-24(18)38-5)39-28(35)22-15-40-16-32-22/h6-16,26,33H,31H2,1-5H3. The molecule has 2 heterocycles. The summed E-state index contributed by atoms with van der Waals surface area (Å²) in [6, 6.07) is 15.9. The Labute approximate surface area is 236 Å². The van der Waals surface area contributed by atoms with Crippen molar-refractivity contribution in [3.63, 3.8) is 0 Å². The molecule has 0 spiro atoms. The largest absolute Gasteiger partial charge is 0.496 e. The first kappa shape index (κ1) is 27.2. The zero-order valence-corrected chi connectivity index (χ0v) is 23.7. The van der Waals surface area contributed by atoms with Crippen LogP contribution >= 0.6 is 11.3 Å². The summed E-state index contributed by atoms with van der Waals surface area (Å²) >= 11 is 1.31. The van der Waals surface area contributed by atoms with E-state index in [0.29, 0.717) is 34.1 Å². The lowest BCUT2D eigenvalue weighted by Gasteiger charge is -2.40. The molecule has 1 unspecified atom stereocenters. The van der Waals surface area contributed by atoms with E-state index in [9.17, 15) is 9.59 Å². The van der Waals surface area contributed by atoms with Gasteiger partial charge in [0, 0.05) is 35.2 Å². The van der Waals surface area contributed by atoms with Crippen LogP contribution in [0.15, 0.2) is 65.5 Å². The monoisotopic (exact) mass is 558 g/mol. The summed E-state index contributed by atoms with van der Waals surface area (Å²) < 4.78 is 16.9. The number of nitrogens with one attached hydrogen (secondary N) is 1. The van der Waals surface area contributed by atoms with Gasteiger partial charge >= 0.3 is 5.97 Å². The highest BCUT2D eigenvalue weighted by molar-refractivity contribution is 7.07. The number of ether oxygens (including phenoxy) is 3. The van der Waals surface area contributed by atoms with Crippen molar-refractivity contribution in [1.29, 1.82) is 0 Å². The van der Waals surface area contributed by atoms with Crippen molar-refractivity contribution in [1.82, 2.24) is 4.98 Å². The van der Waals surface area contributed by atoms with Crippen LogP contribution in [0.25, 0.3) is 11.1 Å². The Morgan fingerprint density at radius 1 is 1.05 bits per heavy atom. The molecule has 5 rings (SSSR count). The minimum Gasteiger partial charge on any atom is -0.496 e. The summed E-state index contributed by atoms with van der Waals surface area (Å²) in [5.74, 6) is 0.755. The molecule has 0 radical (unpaired) electrons. The molecule has 1 amide bonds. The lowest BCUT2D eigenvalue weighted by atomic mass is 9.86. The number of aromatic nitrogens is 1. The number of rotatable bonds is 7. The van der Waals surface area contributed by atoms with E-state index in [1.54, 1.807) is 49.2 Å². The predicted octanol–water partition coefficient (Wildman–Crippen LogP) is 5.26. The summed E-state index contributed by atoms with van der Waals surface area (Å²) in [6.07, 6.45) is 0. The number of fused-ring (bicyclic) bond motifs is 1. The Morgan fingerprint density at radius 3 is 2.48 bits per heavy atom. The number of nitrogens with two attached hydrogens (primary N) is 1. The van der Waals surface area contributed by atoms with E-state index in [2.05, 4.69) is 10.3 Å². The van der Waals surface area contributed by atoms with Gasteiger partial charge in [-0.3, -0.25) is 4.79 Å². The van der Waals surface area contributed by atoms with Gasteiger partial charge < -0.3 is 30.2 Å². The second kappa shape index (κ2) is 10.6. The van der Waals surface area contributed by atoms with Crippen molar-refractivity contribution in [3.05, 3.63) is 82.3 Å². The van der Waals surface area contributed by atoms with Crippen LogP contribution in [-0.4, -0.2) is 43.7 Å². The normalized spacial score (nSPS) is 14.7. The smallest absolute Gasteiger partial charge is 0.363 e. The highest BCUT2D eigenvalue weighted by Gasteiger charge is 2.40. The van der Waals surface area contributed by atoms with Gasteiger partial charge in [0.15, 0.2) is 5.69 Å². The molecule has 206 valence electrons. The Bertz CT molecular complexity index is 1590. The maximum absolute atomic E-state index is 13.4. The molecule has 3 aromatic carbocycles. The molecule has 10 heteroatoms. The number of anilines is 2. The molecule has 1 atom stereocenters. The quantitative estimate of drug-likeness (QED) is 0.233. The molecule has 0 fully saturated rings. The second-order valence-electron chi connectivity index (χ2n) is 9.88. The number of likely N-dealkylation sites (N-methyl/N-ethyl adjacent to an activating group) is 1. The van der Waals surface area contributed by atoms with Crippen LogP contribution in [-0.2, 0) is 4.79 Å². The van der Waals surface area contributed by atoms with E-state index in [0.717, 1.165) is 16.8 Å². The number of carbonyl (C=O) groups is 2. The predicted molar refractivity (Wildman–Crippen MR) is 156 cm³/mol. The molecule has 0 saturated heterocycles. The number of hydrogen-bond donors (Lipinski definition) is 2. The van der Waals surface area contributed by atoms with Gasteiger partial charge in [-0.15, -0.1) is 11.3 Å². The van der Waals surface area contributed by atoms with Crippen LogP contribution in [0, 0.1) is 0 Å². The number of benzene rings is 3. The molecule has 0 bridgehead atoms. The summed E-state index contributed by atoms with van der Waals surface area (Å²) in [5, 5.41) is 5.00. The number of nitrogens with zero attached hydrogens (tertiary/aromatic N) is 2. The highest BCUT2D eigenvalue weighted by Crippen LogP contribution is 2.48. The summed E-state index contributed by atoms with van der Waals surface area (Å²) in [5.41, 5.74) is 12.4. The second-order valence-corrected chi connectivity index (χ2v) is 10.6. The first-order valence-electron chi connectivity index (χ1n) is 12.6. The van der Waals surface area contributed by atoms with Gasteiger partial charge in [-0.2, -0.15) is 0 Å². The zero-order chi connectivity index (χ0) is 28.6. The molecular weight excluding hydrogens is 528 g/mol. The number of esters is 1. The fourth-order valence-corrected chi connectivity index (χ4v) is 5.56. The maximum atomic E-state index is 13.4. The van der Waals surface area contributed by atoms with E-state index >= 15 is 0 Å². The molecule has 1 aromatic heterocycles. The van der Waals surface area contributed by atoms with Crippen LogP contribution in [0.3, 0.4) is 0 Å². The third kappa shape index (κ3) is 4.76. The van der Waals surface area contributed by atoms with Crippen LogP contribution in [0.4, 0.5) is 11.4 Å². The highest BCUT2D eigenvalue weighted by atomic mass is 32.1. The van der Waals surface area contributed by atoms with Crippen molar-refractivity contribution in [3.8, 4) is 28.4 Å². The Hall–Kier alpha value is -4.41. The third-order valence-corrected chi connectivity index (χ3v) is 7.53. The van der Waals surface area contributed by atoms with Crippen molar-refractivity contribution in [2.75, 3.05) is 31.5 Å². The fourth-order valence-electron chi connectivity index (χ4n) is 5.04. The lowest BCUT2D eigenvalue weighted by molar-refractivity contribution is -0.121. The van der Waals surface area contributed by atoms with E-state index < -0.39 is 17.6 Å². The third-order valence-electron chi connectivity index (χ3n) is 6.94. The fraction of sp³-hybridized carbons (Fsp3) is 0.233. The van der Waals surface area contributed by atoms with Crippen LogP contribution in [0.5, 0.6) is 17.2 Å². The number of hydrogen-bond acceptors (Lipinski definition) is 9. The molecule has 9 nitrogen and oxygen atoms in total. The number of amides is 1. The van der Waals surface area contributed by atoms with E-state index in [-0.39, 0.29) is 11.6 Å². The minimum absolute atomic E-state index is 0.0955. The SMILES string of the molecule is COc1cc(OC(=O)c2cscn2)ccc1-c1ccc2c(c1C(N)c1ccccc1OC)N(C)C(=O)C(C)(C)N2. The lowest BCUT2D eigenvalue weighted by Crippen LogP contribution is -2.52. The average molecular weight is 559 g/mol. The Balaban J connectivity index is 1.68. The summed E-state index contributed by atoms with van der Waals surface area (Å²) in [7, 11) is 4.90. The van der Waals surface area contributed by atoms with Gasteiger partial charge in [0.2, 0.25) is 0 Å². The average Bonchev–Trinajstić information content (AvgIpc) is 3.50. The van der Waals surface area contributed by atoms with Gasteiger partial charge in [0.05, 0.1) is 37.1 Å². The molecule has 4 aromatic rings. The van der Waals surface area contributed by atoms with Gasteiger partial charge in [0.25, 0.3) is 5.91 Å². The van der Waals surface area contributed by atoms with Crippen LogP contribution in [0.1, 0.15) is 41.5 Å². The van der Waals surface area contributed by atoms with Crippen molar-refractivity contribution in [2.45, 2.75) is 25.4 Å². The van der Waals surface area contributed by atoms with Crippen LogP contribution in [0.2, 0.25) is 0 Å². The van der Waals surface area contributed by atoms with Crippen molar-refractivity contribution < 1.29 is 23.8 Å². The molecule has 1 aliphatic heterocycles. The maximum Gasteiger partial charge on any atom is 0.363 e. The van der Waals surface area contributed by atoms with Gasteiger partial charge in [-0.1, -0.05) is 24.3 Å². The van der Waals surface area contributed by atoms with Gasteiger partial charge in [0.1, 0.15) is 22.8 Å². The van der Waals surface area contributed by atoms with Crippen LogP contribution < -0.4 is 30.2 Å². The number of para-hydroxylation sites is 1. The van der Waals surface area contributed by atoms with E-state index in [1.165, 1.54) is 11.3 Å². The Kier molecular flexibility index (Phi) is 7.22. The van der Waals surface area contributed by atoms with Crippen molar-refractivity contribution in [2.24, 2.45) is 5.73 Å².